The third-order valence-corrected chi connectivity index (χ3v) is 4.14. The van der Waals surface area contributed by atoms with Crippen molar-refractivity contribution in [3.8, 4) is 0 Å². The molecule has 1 N–H and O–H groups in total. The highest BCUT2D eigenvalue weighted by Gasteiger charge is 2.22. The van der Waals surface area contributed by atoms with Gasteiger partial charge in [-0.2, -0.15) is 0 Å². The van der Waals surface area contributed by atoms with Gasteiger partial charge in [0.15, 0.2) is 0 Å². The Balaban J connectivity index is 2.14. The molecule has 0 atom stereocenters. The summed E-state index contributed by atoms with van der Waals surface area (Å²) in [5.74, 6) is -0.333. The molecule has 1 aromatic heterocycles. The largest absolute Gasteiger partial charge is 0.462 e. The molecule has 0 fully saturated rings. The van der Waals surface area contributed by atoms with Crippen LogP contribution in [0.15, 0.2) is 23.8 Å². The number of nitrogens with one attached hydrogen (secondary N) is 1. The van der Waals surface area contributed by atoms with Crippen LogP contribution >= 0.6 is 11.6 Å². The number of allylic oxidation sites excluding steroid dienone is 1. The number of ether oxygens (including phenoxy) is 1. The van der Waals surface area contributed by atoms with Crippen molar-refractivity contribution >= 4 is 39.8 Å². The minimum atomic E-state index is -0.333. The number of benzene rings is 1. The van der Waals surface area contributed by atoms with Gasteiger partial charge in [0.25, 0.3) is 0 Å². The Morgan fingerprint density at radius 2 is 2.24 bits per heavy atom. The first kappa shape index (κ1) is 13.9. The number of carbonyl (C=O) groups is 2. The second-order valence-electron chi connectivity index (χ2n) is 4.92. The molecule has 4 nitrogen and oxygen atoms in total. The van der Waals surface area contributed by atoms with Crippen LogP contribution in [-0.4, -0.2) is 23.8 Å². The minimum absolute atomic E-state index is 0.333. The van der Waals surface area contributed by atoms with E-state index < -0.39 is 0 Å². The van der Waals surface area contributed by atoms with E-state index in [9.17, 15) is 9.59 Å². The maximum Gasteiger partial charge on any atom is 0.338 e. The van der Waals surface area contributed by atoms with Gasteiger partial charge in [0.1, 0.15) is 6.29 Å². The molecule has 1 aromatic carbocycles. The molecule has 21 heavy (non-hydrogen) atoms. The number of aryl methyl sites for hydroxylation is 1. The molecule has 0 amide bonds. The van der Waals surface area contributed by atoms with Crippen molar-refractivity contribution in [1.29, 1.82) is 0 Å². The maximum atomic E-state index is 11.8. The fourth-order valence-corrected chi connectivity index (χ4v) is 2.98. The number of fused-ring (bicyclic) bond motifs is 3. The topological polar surface area (TPSA) is 59.2 Å². The molecule has 1 heterocycles. The molecule has 0 aliphatic heterocycles. The van der Waals surface area contributed by atoms with Gasteiger partial charge in [-0.1, -0.05) is 11.6 Å². The van der Waals surface area contributed by atoms with E-state index in [-0.39, 0.29) is 5.97 Å². The lowest BCUT2D eigenvalue weighted by molar-refractivity contribution is -0.105. The van der Waals surface area contributed by atoms with Crippen molar-refractivity contribution in [1.82, 2.24) is 4.98 Å². The Labute approximate surface area is 126 Å². The number of hydrogen-bond acceptors (Lipinski definition) is 3. The van der Waals surface area contributed by atoms with E-state index in [4.69, 9.17) is 16.3 Å². The van der Waals surface area contributed by atoms with Gasteiger partial charge in [0.2, 0.25) is 0 Å². The van der Waals surface area contributed by atoms with Crippen LogP contribution in [0.1, 0.15) is 35.0 Å². The summed E-state index contributed by atoms with van der Waals surface area (Å²) in [6.07, 6.45) is 2.15. The molecule has 0 unspecified atom stereocenters. The minimum Gasteiger partial charge on any atom is -0.462 e. The highest BCUT2D eigenvalue weighted by atomic mass is 35.5. The van der Waals surface area contributed by atoms with Crippen LogP contribution in [0.5, 0.6) is 0 Å². The van der Waals surface area contributed by atoms with Crippen LogP contribution in [0.4, 0.5) is 0 Å². The zero-order chi connectivity index (χ0) is 15.0. The number of aromatic nitrogens is 1. The molecule has 1 aliphatic carbocycles. The van der Waals surface area contributed by atoms with Crippen LogP contribution in [0.2, 0.25) is 0 Å². The summed E-state index contributed by atoms with van der Waals surface area (Å²) in [5, 5.41) is 1.43. The van der Waals surface area contributed by atoms with Crippen molar-refractivity contribution in [3.05, 3.63) is 40.6 Å². The molecule has 1 aliphatic rings. The first-order valence-corrected chi connectivity index (χ1v) is 7.19. The van der Waals surface area contributed by atoms with Crippen LogP contribution in [0.3, 0.4) is 0 Å². The normalized spacial score (nSPS) is 14.2. The zero-order valence-corrected chi connectivity index (χ0v) is 12.3. The molecule has 0 saturated carbocycles. The van der Waals surface area contributed by atoms with E-state index in [1.807, 2.05) is 12.1 Å². The number of aldehydes is 1. The van der Waals surface area contributed by atoms with Crippen LogP contribution < -0.4 is 0 Å². The van der Waals surface area contributed by atoms with Gasteiger partial charge in [-0.05, 0) is 43.5 Å². The van der Waals surface area contributed by atoms with E-state index in [0.29, 0.717) is 29.2 Å². The zero-order valence-electron chi connectivity index (χ0n) is 11.5. The molecule has 0 bridgehead atoms. The Bertz CT molecular complexity index is 773. The van der Waals surface area contributed by atoms with E-state index in [1.165, 1.54) is 0 Å². The molecule has 0 spiro atoms. The van der Waals surface area contributed by atoms with E-state index in [0.717, 1.165) is 34.9 Å². The standard InChI is InChI=1S/C16H14ClNO3/c1-2-21-16(20)9-4-6-13-12(7-9)11-5-3-10(8-19)14(17)15(11)18-13/h4,6-8,18H,2-3,5H2,1H3. The molecule has 3 rings (SSSR count). The number of carbonyl (C=O) groups excluding carboxylic acids is 2. The molecular weight excluding hydrogens is 290 g/mol. The predicted molar refractivity (Wildman–Crippen MR) is 81.4 cm³/mol. The van der Waals surface area contributed by atoms with Crippen molar-refractivity contribution in [2.24, 2.45) is 0 Å². The third kappa shape index (κ3) is 2.25. The SMILES string of the molecule is CCOC(=O)c1ccc2[nH]c3c(c2c1)CCC(C=O)=C3Cl. The smallest absolute Gasteiger partial charge is 0.338 e. The molecule has 0 radical (unpaired) electrons. The first-order chi connectivity index (χ1) is 10.2. The third-order valence-electron chi connectivity index (χ3n) is 3.71. The number of esters is 1. The Kier molecular flexibility index (Phi) is 3.55. The van der Waals surface area contributed by atoms with Crippen LogP contribution in [0.25, 0.3) is 15.9 Å². The Morgan fingerprint density at radius 3 is 2.95 bits per heavy atom. The summed E-state index contributed by atoms with van der Waals surface area (Å²) >= 11 is 6.26. The Hall–Kier alpha value is -2.07. The molecule has 0 saturated heterocycles. The summed E-state index contributed by atoms with van der Waals surface area (Å²) in [4.78, 5) is 26.0. The average molecular weight is 304 g/mol. The number of aromatic amines is 1. The van der Waals surface area contributed by atoms with Gasteiger partial charge >= 0.3 is 5.97 Å². The van der Waals surface area contributed by atoms with Crippen molar-refractivity contribution in [2.75, 3.05) is 6.61 Å². The fourth-order valence-electron chi connectivity index (χ4n) is 2.68. The summed E-state index contributed by atoms with van der Waals surface area (Å²) < 4.78 is 5.02. The number of hydrogen-bond donors (Lipinski definition) is 1. The van der Waals surface area contributed by atoms with E-state index >= 15 is 0 Å². The number of H-pyrrole nitrogens is 1. The lowest BCUT2D eigenvalue weighted by Crippen LogP contribution is -2.04. The quantitative estimate of drug-likeness (QED) is 0.698. The lowest BCUT2D eigenvalue weighted by Gasteiger charge is -2.12. The van der Waals surface area contributed by atoms with Gasteiger partial charge in [-0.3, -0.25) is 4.79 Å². The molecule has 108 valence electrons. The average Bonchev–Trinajstić information content (AvgIpc) is 2.87. The van der Waals surface area contributed by atoms with Crippen molar-refractivity contribution in [3.63, 3.8) is 0 Å². The van der Waals surface area contributed by atoms with Gasteiger partial charge in [0.05, 0.1) is 22.9 Å². The van der Waals surface area contributed by atoms with Gasteiger partial charge in [0, 0.05) is 16.5 Å². The first-order valence-electron chi connectivity index (χ1n) is 6.81. The predicted octanol–water partition coefficient (Wildman–Crippen LogP) is 3.44. The summed E-state index contributed by atoms with van der Waals surface area (Å²) in [6.45, 7) is 2.12. The maximum absolute atomic E-state index is 11.8. The van der Waals surface area contributed by atoms with E-state index in [1.54, 1.807) is 13.0 Å². The molecule has 2 aromatic rings. The van der Waals surface area contributed by atoms with Gasteiger partial charge < -0.3 is 9.72 Å². The summed E-state index contributed by atoms with van der Waals surface area (Å²) in [7, 11) is 0. The Morgan fingerprint density at radius 1 is 1.43 bits per heavy atom. The highest BCUT2D eigenvalue weighted by Crippen LogP contribution is 2.37. The number of halogens is 1. The number of rotatable bonds is 3. The van der Waals surface area contributed by atoms with Gasteiger partial charge in [-0.15, -0.1) is 0 Å². The second kappa shape index (κ2) is 5.37. The lowest BCUT2D eigenvalue weighted by atomic mass is 9.95. The summed E-state index contributed by atoms with van der Waals surface area (Å²) in [5.41, 5.74) is 3.86. The molecular formula is C16H14ClNO3. The fraction of sp³-hybridized carbons (Fsp3) is 0.250. The van der Waals surface area contributed by atoms with Crippen LogP contribution in [-0.2, 0) is 16.0 Å². The second-order valence-corrected chi connectivity index (χ2v) is 5.29. The van der Waals surface area contributed by atoms with Crippen LogP contribution in [0, 0.1) is 0 Å². The molecule has 5 heteroatoms. The van der Waals surface area contributed by atoms with Crippen molar-refractivity contribution < 1.29 is 14.3 Å². The van der Waals surface area contributed by atoms with Crippen molar-refractivity contribution in [2.45, 2.75) is 19.8 Å². The monoisotopic (exact) mass is 303 g/mol. The highest BCUT2D eigenvalue weighted by molar-refractivity contribution is 6.50. The summed E-state index contributed by atoms with van der Waals surface area (Å²) in [6, 6.07) is 5.38. The van der Waals surface area contributed by atoms with Gasteiger partial charge in [-0.25, -0.2) is 4.79 Å². The van der Waals surface area contributed by atoms with E-state index in [2.05, 4.69) is 4.98 Å².